The van der Waals surface area contributed by atoms with Crippen molar-refractivity contribution in [1.29, 1.82) is 0 Å². The zero-order valence-electron chi connectivity index (χ0n) is 13.6. The molecule has 0 aliphatic heterocycles. The fraction of sp³-hybridized carbons (Fsp3) is 0.667. The van der Waals surface area contributed by atoms with Gasteiger partial charge in [-0.3, -0.25) is 4.79 Å². The SMILES string of the molecule is Cl.O=C(CNS(=O)(=O)c1cccs1)NCCNC1CCCCCC1. The van der Waals surface area contributed by atoms with E-state index in [9.17, 15) is 13.2 Å². The number of carbonyl (C=O) groups is 1. The normalized spacial score (nSPS) is 16.2. The average Bonchev–Trinajstić information content (AvgIpc) is 2.96. The van der Waals surface area contributed by atoms with E-state index in [0.717, 1.165) is 11.3 Å². The molecule has 1 fully saturated rings. The first kappa shape index (κ1) is 21.4. The number of amides is 1. The number of halogens is 1. The maximum Gasteiger partial charge on any atom is 0.250 e. The van der Waals surface area contributed by atoms with E-state index in [1.165, 1.54) is 44.6 Å². The van der Waals surface area contributed by atoms with E-state index in [4.69, 9.17) is 0 Å². The Morgan fingerprint density at radius 3 is 2.50 bits per heavy atom. The number of hydrogen-bond acceptors (Lipinski definition) is 5. The van der Waals surface area contributed by atoms with Crippen molar-refractivity contribution in [2.75, 3.05) is 19.6 Å². The number of thiophene rings is 1. The Labute approximate surface area is 154 Å². The highest BCUT2D eigenvalue weighted by Crippen LogP contribution is 2.17. The Morgan fingerprint density at radius 1 is 1.17 bits per heavy atom. The topological polar surface area (TPSA) is 87.3 Å². The van der Waals surface area contributed by atoms with Gasteiger partial charge in [-0.05, 0) is 24.3 Å². The minimum Gasteiger partial charge on any atom is -0.354 e. The fourth-order valence-electron chi connectivity index (χ4n) is 2.67. The first-order valence-electron chi connectivity index (χ1n) is 8.11. The maximum absolute atomic E-state index is 11.9. The Hall–Kier alpha value is -0.670. The summed E-state index contributed by atoms with van der Waals surface area (Å²) >= 11 is 1.13. The molecule has 3 N–H and O–H groups in total. The molecule has 0 spiro atoms. The van der Waals surface area contributed by atoms with Crippen LogP contribution in [0.4, 0.5) is 0 Å². The number of rotatable bonds is 8. The zero-order valence-corrected chi connectivity index (χ0v) is 16.1. The van der Waals surface area contributed by atoms with Crippen LogP contribution in [0.3, 0.4) is 0 Å². The molecule has 0 saturated heterocycles. The summed E-state index contributed by atoms with van der Waals surface area (Å²) in [7, 11) is -3.57. The molecule has 9 heteroatoms. The average molecular weight is 396 g/mol. The Kier molecular flexibility index (Phi) is 9.84. The Balaban J connectivity index is 0.00000288. The van der Waals surface area contributed by atoms with Crippen LogP contribution in [0.1, 0.15) is 38.5 Å². The molecule has 0 atom stereocenters. The minimum absolute atomic E-state index is 0. The molecule has 6 nitrogen and oxygen atoms in total. The van der Waals surface area contributed by atoms with Crippen molar-refractivity contribution < 1.29 is 13.2 Å². The molecule has 1 aromatic rings. The maximum atomic E-state index is 11.9. The lowest BCUT2D eigenvalue weighted by atomic mass is 10.1. The van der Waals surface area contributed by atoms with Gasteiger partial charge in [0.25, 0.3) is 10.0 Å². The molecule has 138 valence electrons. The Morgan fingerprint density at radius 2 is 1.88 bits per heavy atom. The number of carbonyl (C=O) groups excluding carboxylic acids is 1. The van der Waals surface area contributed by atoms with Crippen molar-refractivity contribution >= 4 is 39.7 Å². The summed E-state index contributed by atoms with van der Waals surface area (Å²) in [5.74, 6) is -0.312. The number of hydrogen-bond donors (Lipinski definition) is 3. The van der Waals surface area contributed by atoms with Crippen molar-refractivity contribution in [1.82, 2.24) is 15.4 Å². The molecular formula is C15H26ClN3O3S2. The molecule has 1 aromatic heterocycles. The second kappa shape index (κ2) is 11.0. The molecule has 24 heavy (non-hydrogen) atoms. The van der Waals surface area contributed by atoms with Crippen LogP contribution in [0.25, 0.3) is 0 Å². The van der Waals surface area contributed by atoms with Gasteiger partial charge in [0.1, 0.15) is 4.21 Å². The lowest BCUT2D eigenvalue weighted by molar-refractivity contribution is -0.119. The van der Waals surface area contributed by atoms with Crippen LogP contribution in [-0.4, -0.2) is 40.0 Å². The quantitative estimate of drug-likeness (QED) is 0.463. The fourth-order valence-corrected chi connectivity index (χ4v) is 4.69. The summed E-state index contributed by atoms with van der Waals surface area (Å²) in [4.78, 5) is 11.7. The van der Waals surface area contributed by atoms with Gasteiger partial charge >= 0.3 is 0 Å². The van der Waals surface area contributed by atoms with E-state index in [1.54, 1.807) is 11.4 Å². The zero-order chi connectivity index (χ0) is 16.5. The van der Waals surface area contributed by atoms with Gasteiger partial charge < -0.3 is 10.6 Å². The van der Waals surface area contributed by atoms with E-state index < -0.39 is 10.0 Å². The Bertz CT molecular complexity index is 571. The van der Waals surface area contributed by atoms with Gasteiger partial charge in [-0.1, -0.05) is 31.7 Å². The molecule has 0 unspecified atom stereocenters. The van der Waals surface area contributed by atoms with Crippen molar-refractivity contribution in [3.63, 3.8) is 0 Å². The van der Waals surface area contributed by atoms with E-state index in [0.29, 0.717) is 19.1 Å². The molecule has 1 aliphatic carbocycles. The largest absolute Gasteiger partial charge is 0.354 e. The molecule has 2 rings (SSSR count). The summed E-state index contributed by atoms with van der Waals surface area (Å²) < 4.78 is 26.3. The van der Waals surface area contributed by atoms with Crippen molar-refractivity contribution in [2.24, 2.45) is 0 Å². The highest BCUT2D eigenvalue weighted by molar-refractivity contribution is 7.91. The minimum atomic E-state index is -3.57. The first-order valence-corrected chi connectivity index (χ1v) is 10.5. The third-order valence-electron chi connectivity index (χ3n) is 3.92. The van der Waals surface area contributed by atoms with Crippen LogP contribution in [0, 0.1) is 0 Å². The summed E-state index contributed by atoms with van der Waals surface area (Å²) in [6, 6.07) is 3.73. The van der Waals surface area contributed by atoms with E-state index >= 15 is 0 Å². The summed E-state index contributed by atoms with van der Waals surface area (Å²) in [6.45, 7) is 0.994. The van der Waals surface area contributed by atoms with Gasteiger partial charge in [-0.2, -0.15) is 0 Å². The molecular weight excluding hydrogens is 370 g/mol. The van der Waals surface area contributed by atoms with E-state index in [2.05, 4.69) is 15.4 Å². The summed E-state index contributed by atoms with van der Waals surface area (Å²) in [6.07, 6.45) is 7.59. The lowest BCUT2D eigenvalue weighted by Crippen LogP contribution is -2.41. The van der Waals surface area contributed by atoms with Gasteiger partial charge in [-0.15, -0.1) is 23.7 Å². The van der Waals surface area contributed by atoms with Crippen LogP contribution >= 0.6 is 23.7 Å². The molecule has 1 saturated carbocycles. The van der Waals surface area contributed by atoms with Crippen LogP contribution in [0.2, 0.25) is 0 Å². The smallest absolute Gasteiger partial charge is 0.250 e. The van der Waals surface area contributed by atoms with Crippen LogP contribution in [0.15, 0.2) is 21.7 Å². The molecule has 0 bridgehead atoms. The van der Waals surface area contributed by atoms with Gasteiger partial charge in [0.2, 0.25) is 5.91 Å². The first-order chi connectivity index (χ1) is 11.1. The predicted octanol–water partition coefficient (Wildman–Crippen LogP) is 1.88. The molecule has 0 aromatic carbocycles. The molecule has 0 radical (unpaired) electrons. The monoisotopic (exact) mass is 395 g/mol. The van der Waals surface area contributed by atoms with Gasteiger partial charge in [0, 0.05) is 19.1 Å². The number of nitrogens with one attached hydrogen (secondary N) is 3. The molecule has 1 heterocycles. The van der Waals surface area contributed by atoms with Crippen LogP contribution < -0.4 is 15.4 Å². The summed E-state index contributed by atoms with van der Waals surface area (Å²) in [5, 5.41) is 7.88. The number of sulfonamides is 1. The highest BCUT2D eigenvalue weighted by atomic mass is 35.5. The second-order valence-electron chi connectivity index (χ2n) is 5.75. The van der Waals surface area contributed by atoms with Crippen LogP contribution in [0.5, 0.6) is 0 Å². The second-order valence-corrected chi connectivity index (χ2v) is 8.69. The van der Waals surface area contributed by atoms with Gasteiger partial charge in [0.05, 0.1) is 6.54 Å². The van der Waals surface area contributed by atoms with Crippen molar-refractivity contribution in [3.05, 3.63) is 17.5 Å². The van der Waals surface area contributed by atoms with Crippen molar-refractivity contribution in [2.45, 2.75) is 48.8 Å². The molecule has 1 aliphatic rings. The molecule has 1 amide bonds. The summed E-state index contributed by atoms with van der Waals surface area (Å²) in [5.41, 5.74) is 0. The highest BCUT2D eigenvalue weighted by Gasteiger charge is 2.16. The van der Waals surface area contributed by atoms with E-state index in [-0.39, 0.29) is 29.1 Å². The third kappa shape index (κ3) is 7.48. The third-order valence-corrected chi connectivity index (χ3v) is 6.72. The van der Waals surface area contributed by atoms with Gasteiger partial charge in [-0.25, -0.2) is 13.1 Å². The standard InChI is InChI=1S/C15H25N3O3S2.ClH/c19-14(12-18-23(20,21)15-8-5-11-22-15)17-10-9-16-13-6-3-1-2-4-7-13;/h5,8,11,13,16,18H,1-4,6-7,9-10,12H2,(H,17,19);1H. The lowest BCUT2D eigenvalue weighted by Gasteiger charge is -2.16. The van der Waals surface area contributed by atoms with Gasteiger partial charge in [0.15, 0.2) is 0 Å². The predicted molar refractivity (Wildman–Crippen MR) is 99.3 cm³/mol. The van der Waals surface area contributed by atoms with E-state index in [1.807, 2.05) is 0 Å². The van der Waals surface area contributed by atoms with Crippen LogP contribution in [-0.2, 0) is 14.8 Å². The van der Waals surface area contributed by atoms with Crippen molar-refractivity contribution in [3.8, 4) is 0 Å².